The number of rotatable bonds is 1. The topological polar surface area (TPSA) is 38.1 Å². The van der Waals surface area contributed by atoms with Gasteiger partial charge in [0.2, 0.25) is 0 Å². The molecule has 1 aromatic carbocycles. The molecule has 2 aromatic rings. The number of nitrogens with zero attached hydrogens (tertiary/aromatic N) is 1. The number of halogens is 1. The first kappa shape index (κ1) is 8.56. The fraction of sp³-hybridized carbons (Fsp3) is 0.222. The van der Waals surface area contributed by atoms with E-state index in [0.29, 0.717) is 6.01 Å². The number of fused-ring (bicyclic) bond motifs is 1. The van der Waals surface area contributed by atoms with E-state index in [2.05, 4.69) is 26.2 Å². The highest BCUT2D eigenvalue weighted by atomic mass is 79.9. The van der Waals surface area contributed by atoms with E-state index in [1.54, 1.807) is 7.05 Å². The molecule has 0 amide bonds. The van der Waals surface area contributed by atoms with Crippen molar-refractivity contribution in [3.63, 3.8) is 0 Å². The number of aryl methyl sites for hydroxylation is 1. The summed E-state index contributed by atoms with van der Waals surface area (Å²) in [4.78, 5) is 4.25. The summed E-state index contributed by atoms with van der Waals surface area (Å²) in [5.41, 5.74) is 2.79. The number of nitrogens with one attached hydrogen (secondary N) is 1. The third-order valence-corrected chi connectivity index (χ3v) is 2.31. The Labute approximate surface area is 84.3 Å². The highest BCUT2D eigenvalue weighted by Gasteiger charge is 2.07. The van der Waals surface area contributed by atoms with E-state index in [0.717, 1.165) is 21.1 Å². The first-order chi connectivity index (χ1) is 6.20. The summed E-state index contributed by atoms with van der Waals surface area (Å²) in [7, 11) is 1.79. The van der Waals surface area contributed by atoms with Gasteiger partial charge in [-0.3, -0.25) is 0 Å². The maximum atomic E-state index is 5.46. The van der Waals surface area contributed by atoms with Crippen molar-refractivity contribution < 1.29 is 4.42 Å². The second kappa shape index (κ2) is 3.03. The molecule has 0 atom stereocenters. The number of aromatic nitrogens is 1. The molecular weight excluding hydrogens is 232 g/mol. The van der Waals surface area contributed by atoms with Crippen LogP contribution in [-0.2, 0) is 0 Å². The van der Waals surface area contributed by atoms with Crippen LogP contribution in [0.15, 0.2) is 21.0 Å². The minimum atomic E-state index is 0.552. The second-order valence-corrected chi connectivity index (χ2v) is 3.76. The van der Waals surface area contributed by atoms with Gasteiger partial charge in [0, 0.05) is 11.5 Å². The standard InChI is InChI=1S/C9H9BrN2O/c1-5-3-6(10)4-7-8(5)13-9(11-2)12-7/h3-4H,1-2H3,(H,11,12). The smallest absolute Gasteiger partial charge is 0.295 e. The van der Waals surface area contributed by atoms with Gasteiger partial charge in [-0.25, -0.2) is 0 Å². The summed E-state index contributed by atoms with van der Waals surface area (Å²) >= 11 is 3.41. The molecule has 4 heteroatoms. The van der Waals surface area contributed by atoms with Crippen molar-refractivity contribution in [3.05, 3.63) is 22.2 Å². The van der Waals surface area contributed by atoms with Crippen LogP contribution >= 0.6 is 15.9 Å². The average Bonchev–Trinajstić information content (AvgIpc) is 2.47. The molecule has 0 saturated heterocycles. The van der Waals surface area contributed by atoms with Crippen LogP contribution in [-0.4, -0.2) is 12.0 Å². The number of hydrogen-bond donors (Lipinski definition) is 1. The van der Waals surface area contributed by atoms with Gasteiger partial charge in [-0.1, -0.05) is 15.9 Å². The van der Waals surface area contributed by atoms with Crippen LogP contribution in [0.25, 0.3) is 11.1 Å². The van der Waals surface area contributed by atoms with Crippen LogP contribution in [0.4, 0.5) is 6.01 Å². The predicted octanol–water partition coefficient (Wildman–Crippen LogP) is 2.94. The molecule has 1 N–H and O–H groups in total. The summed E-state index contributed by atoms with van der Waals surface area (Å²) in [6.45, 7) is 2.00. The normalized spacial score (nSPS) is 10.7. The van der Waals surface area contributed by atoms with Crippen molar-refractivity contribution >= 4 is 33.0 Å². The van der Waals surface area contributed by atoms with Gasteiger partial charge in [0.1, 0.15) is 5.52 Å². The fourth-order valence-corrected chi connectivity index (χ4v) is 1.82. The van der Waals surface area contributed by atoms with E-state index in [1.807, 2.05) is 19.1 Å². The van der Waals surface area contributed by atoms with E-state index in [1.165, 1.54) is 0 Å². The molecule has 3 nitrogen and oxygen atoms in total. The summed E-state index contributed by atoms with van der Waals surface area (Å²) in [6, 6.07) is 4.50. The maximum absolute atomic E-state index is 5.46. The molecule has 0 spiro atoms. The SMILES string of the molecule is CNc1nc2cc(Br)cc(C)c2o1. The molecule has 0 aliphatic rings. The molecule has 1 aromatic heterocycles. The van der Waals surface area contributed by atoms with Crippen LogP contribution in [0.2, 0.25) is 0 Å². The molecule has 0 bridgehead atoms. The van der Waals surface area contributed by atoms with Gasteiger partial charge in [0.25, 0.3) is 6.01 Å². The minimum absolute atomic E-state index is 0.552. The lowest BCUT2D eigenvalue weighted by Crippen LogP contribution is -1.85. The molecule has 0 radical (unpaired) electrons. The van der Waals surface area contributed by atoms with Crippen molar-refractivity contribution in [1.29, 1.82) is 0 Å². The first-order valence-electron chi connectivity index (χ1n) is 3.95. The first-order valence-corrected chi connectivity index (χ1v) is 4.74. The maximum Gasteiger partial charge on any atom is 0.295 e. The summed E-state index contributed by atoms with van der Waals surface area (Å²) in [5.74, 6) is 0. The lowest BCUT2D eigenvalue weighted by atomic mass is 10.2. The van der Waals surface area contributed by atoms with E-state index in [9.17, 15) is 0 Å². The van der Waals surface area contributed by atoms with Gasteiger partial charge in [0.15, 0.2) is 5.58 Å². The van der Waals surface area contributed by atoms with Crippen molar-refractivity contribution in [3.8, 4) is 0 Å². The van der Waals surface area contributed by atoms with Crippen molar-refractivity contribution in [2.45, 2.75) is 6.92 Å². The molecule has 0 unspecified atom stereocenters. The van der Waals surface area contributed by atoms with Crippen LogP contribution in [0.1, 0.15) is 5.56 Å². The Bertz CT molecular complexity index is 450. The molecule has 0 aliphatic heterocycles. The third kappa shape index (κ3) is 1.42. The van der Waals surface area contributed by atoms with Gasteiger partial charge >= 0.3 is 0 Å². The number of hydrogen-bond acceptors (Lipinski definition) is 3. The monoisotopic (exact) mass is 240 g/mol. The summed E-state index contributed by atoms with van der Waals surface area (Å²) in [6.07, 6.45) is 0. The minimum Gasteiger partial charge on any atom is -0.423 e. The number of oxazole rings is 1. The summed E-state index contributed by atoms with van der Waals surface area (Å²) < 4.78 is 6.48. The van der Waals surface area contributed by atoms with Gasteiger partial charge in [-0.05, 0) is 24.6 Å². The van der Waals surface area contributed by atoms with Crippen molar-refractivity contribution in [2.24, 2.45) is 0 Å². The number of benzene rings is 1. The second-order valence-electron chi connectivity index (χ2n) is 2.84. The van der Waals surface area contributed by atoms with Crippen LogP contribution in [0, 0.1) is 6.92 Å². The van der Waals surface area contributed by atoms with Crippen molar-refractivity contribution in [2.75, 3.05) is 12.4 Å². The fourth-order valence-electron chi connectivity index (χ4n) is 1.26. The quantitative estimate of drug-likeness (QED) is 0.834. The average molecular weight is 241 g/mol. The Morgan fingerprint density at radius 2 is 2.23 bits per heavy atom. The predicted molar refractivity (Wildman–Crippen MR) is 56.0 cm³/mol. The van der Waals surface area contributed by atoms with E-state index >= 15 is 0 Å². The van der Waals surface area contributed by atoms with E-state index < -0.39 is 0 Å². The van der Waals surface area contributed by atoms with Gasteiger partial charge in [0.05, 0.1) is 0 Å². The zero-order valence-electron chi connectivity index (χ0n) is 7.39. The third-order valence-electron chi connectivity index (χ3n) is 1.85. The highest BCUT2D eigenvalue weighted by molar-refractivity contribution is 9.10. The van der Waals surface area contributed by atoms with Crippen LogP contribution < -0.4 is 5.32 Å². The van der Waals surface area contributed by atoms with E-state index in [-0.39, 0.29) is 0 Å². The molecular formula is C9H9BrN2O. The molecule has 0 aliphatic carbocycles. The lowest BCUT2D eigenvalue weighted by Gasteiger charge is -1.93. The molecule has 68 valence electrons. The Kier molecular flexibility index (Phi) is 2.00. The van der Waals surface area contributed by atoms with Gasteiger partial charge in [-0.15, -0.1) is 0 Å². The highest BCUT2D eigenvalue weighted by Crippen LogP contribution is 2.25. The Balaban J connectivity index is 2.75. The Morgan fingerprint density at radius 1 is 1.46 bits per heavy atom. The Morgan fingerprint density at radius 3 is 2.92 bits per heavy atom. The van der Waals surface area contributed by atoms with Crippen molar-refractivity contribution in [1.82, 2.24) is 4.98 Å². The van der Waals surface area contributed by atoms with Gasteiger partial charge in [-0.2, -0.15) is 4.98 Å². The van der Waals surface area contributed by atoms with Crippen LogP contribution in [0.5, 0.6) is 0 Å². The molecule has 13 heavy (non-hydrogen) atoms. The summed E-state index contributed by atoms with van der Waals surface area (Å²) in [5, 5.41) is 2.87. The zero-order chi connectivity index (χ0) is 9.42. The molecule has 2 rings (SSSR count). The lowest BCUT2D eigenvalue weighted by molar-refractivity contribution is 0.618. The zero-order valence-corrected chi connectivity index (χ0v) is 8.97. The number of anilines is 1. The van der Waals surface area contributed by atoms with Gasteiger partial charge < -0.3 is 9.73 Å². The largest absolute Gasteiger partial charge is 0.423 e. The Hall–Kier alpha value is -1.03. The molecule has 1 heterocycles. The molecule has 0 saturated carbocycles. The van der Waals surface area contributed by atoms with E-state index in [4.69, 9.17) is 4.42 Å². The molecule has 0 fully saturated rings. The van der Waals surface area contributed by atoms with Crippen LogP contribution in [0.3, 0.4) is 0 Å².